The fourth-order valence-electron chi connectivity index (χ4n) is 12.4. The molecule has 0 aliphatic heterocycles. The van der Waals surface area contributed by atoms with Crippen molar-refractivity contribution in [3.8, 4) is 43.8 Å². The summed E-state index contributed by atoms with van der Waals surface area (Å²) in [5.74, 6) is 0. The normalized spacial score (nSPS) is 13.5. The van der Waals surface area contributed by atoms with Crippen LogP contribution in [0.15, 0.2) is 285 Å². The lowest BCUT2D eigenvalue weighted by atomic mass is 9.67. The molecule has 0 saturated carbocycles. The standard InChI is InChI=1S/C70H47NS/c1-6-20-49(21-7-1)68-45-51-44-50(36-43-67(51)72-68)48-34-37-56(38-35-48)71(57-39-41-61-59-30-16-18-32-63(59)69(65(61)46-57,52-22-8-2-9-23-52)53-24-10-3-11-25-53)58-40-42-62-60-31-17-19-33-64(60)70(66(62)47-58,54-26-12-4-13-27-54)55-28-14-5-15-29-55/h1-47H. The molecule has 12 aromatic rings. The molecule has 2 heteroatoms. The van der Waals surface area contributed by atoms with Crippen molar-refractivity contribution < 1.29 is 0 Å². The highest BCUT2D eigenvalue weighted by molar-refractivity contribution is 7.22. The Morgan fingerprint density at radius 2 is 0.653 bits per heavy atom. The van der Waals surface area contributed by atoms with Gasteiger partial charge in [-0.2, -0.15) is 0 Å². The topological polar surface area (TPSA) is 3.24 Å². The maximum absolute atomic E-state index is 2.49. The minimum atomic E-state index is -0.546. The Bertz CT molecular complexity index is 3690. The van der Waals surface area contributed by atoms with E-state index >= 15 is 0 Å². The number of hydrogen-bond acceptors (Lipinski definition) is 2. The Morgan fingerprint density at radius 1 is 0.264 bits per heavy atom. The van der Waals surface area contributed by atoms with Crippen molar-refractivity contribution in [2.75, 3.05) is 4.90 Å². The van der Waals surface area contributed by atoms with E-state index in [4.69, 9.17) is 0 Å². The molecular formula is C70H47NS. The third-order valence-electron chi connectivity index (χ3n) is 15.4. The quantitative estimate of drug-likeness (QED) is 0.139. The maximum atomic E-state index is 2.49. The summed E-state index contributed by atoms with van der Waals surface area (Å²) in [6, 6.07) is 106. The second kappa shape index (κ2) is 16.9. The van der Waals surface area contributed by atoms with Gasteiger partial charge in [-0.1, -0.05) is 231 Å². The molecule has 0 N–H and O–H groups in total. The molecule has 0 spiro atoms. The van der Waals surface area contributed by atoms with E-state index in [2.05, 4.69) is 290 Å². The number of nitrogens with zero attached hydrogens (tertiary/aromatic N) is 1. The highest BCUT2D eigenvalue weighted by atomic mass is 32.1. The zero-order valence-corrected chi connectivity index (χ0v) is 40.3. The van der Waals surface area contributed by atoms with Crippen LogP contribution in [0.3, 0.4) is 0 Å². The molecule has 2 aliphatic carbocycles. The molecule has 0 amide bonds. The van der Waals surface area contributed by atoms with Crippen LogP contribution in [0.5, 0.6) is 0 Å². The zero-order chi connectivity index (χ0) is 47.6. The van der Waals surface area contributed by atoms with Crippen molar-refractivity contribution in [3.05, 3.63) is 330 Å². The van der Waals surface area contributed by atoms with Gasteiger partial charge in [0.15, 0.2) is 0 Å². The van der Waals surface area contributed by atoms with E-state index in [1.165, 1.54) is 98.4 Å². The Balaban J connectivity index is 0.988. The first-order chi connectivity index (χ1) is 35.7. The highest BCUT2D eigenvalue weighted by Gasteiger charge is 2.48. The number of benzene rings is 11. The van der Waals surface area contributed by atoms with E-state index in [1.54, 1.807) is 0 Å². The SMILES string of the molecule is c1ccc(-c2cc3cc(-c4ccc(N(c5ccc6c(c5)C(c5ccccc5)(c5ccccc5)c5ccccc5-6)c5ccc6c(c5)C(c5ccccc5)(c5ccccc5)c5ccccc5-6)cc4)ccc3s2)cc1. The molecular weight excluding hydrogens is 887 g/mol. The van der Waals surface area contributed by atoms with Gasteiger partial charge in [0, 0.05) is 26.6 Å². The lowest BCUT2D eigenvalue weighted by Crippen LogP contribution is -2.29. The molecule has 72 heavy (non-hydrogen) atoms. The van der Waals surface area contributed by atoms with Gasteiger partial charge in [-0.25, -0.2) is 0 Å². The molecule has 0 atom stereocenters. The van der Waals surface area contributed by atoms with Gasteiger partial charge in [0.2, 0.25) is 0 Å². The van der Waals surface area contributed by atoms with Crippen LogP contribution in [0.2, 0.25) is 0 Å². The summed E-state index contributed by atoms with van der Waals surface area (Å²) in [6.45, 7) is 0. The molecule has 1 heterocycles. The average Bonchev–Trinajstić information content (AvgIpc) is 4.12. The summed E-state index contributed by atoms with van der Waals surface area (Å²) >= 11 is 1.85. The van der Waals surface area contributed by atoms with Gasteiger partial charge in [-0.05, 0) is 143 Å². The Morgan fingerprint density at radius 3 is 1.12 bits per heavy atom. The van der Waals surface area contributed by atoms with Crippen molar-refractivity contribution in [3.63, 3.8) is 0 Å². The second-order valence-electron chi connectivity index (χ2n) is 19.1. The van der Waals surface area contributed by atoms with E-state index < -0.39 is 10.8 Å². The molecule has 0 fully saturated rings. The van der Waals surface area contributed by atoms with Crippen molar-refractivity contribution in [2.45, 2.75) is 10.8 Å². The van der Waals surface area contributed by atoms with Crippen LogP contribution in [0.4, 0.5) is 17.1 Å². The van der Waals surface area contributed by atoms with Crippen LogP contribution in [-0.2, 0) is 10.8 Å². The van der Waals surface area contributed by atoms with Gasteiger partial charge < -0.3 is 4.90 Å². The van der Waals surface area contributed by atoms with Crippen LogP contribution < -0.4 is 4.90 Å². The van der Waals surface area contributed by atoms with Crippen LogP contribution >= 0.6 is 11.3 Å². The molecule has 338 valence electrons. The molecule has 11 aromatic carbocycles. The smallest absolute Gasteiger partial charge is 0.0714 e. The number of fused-ring (bicyclic) bond motifs is 7. The molecule has 1 aromatic heterocycles. The third kappa shape index (κ3) is 6.39. The van der Waals surface area contributed by atoms with E-state index in [0.29, 0.717) is 0 Å². The summed E-state index contributed by atoms with van der Waals surface area (Å²) in [5, 5.41) is 1.26. The minimum Gasteiger partial charge on any atom is -0.310 e. The van der Waals surface area contributed by atoms with Crippen molar-refractivity contribution in [1.82, 2.24) is 0 Å². The monoisotopic (exact) mass is 933 g/mol. The summed E-state index contributed by atoms with van der Waals surface area (Å²) in [4.78, 5) is 3.78. The van der Waals surface area contributed by atoms with Crippen LogP contribution in [0.1, 0.15) is 44.5 Å². The lowest BCUT2D eigenvalue weighted by Gasteiger charge is -2.36. The molecule has 0 unspecified atom stereocenters. The summed E-state index contributed by atoms with van der Waals surface area (Å²) in [7, 11) is 0. The predicted molar refractivity (Wildman–Crippen MR) is 302 cm³/mol. The predicted octanol–water partition coefficient (Wildman–Crippen LogP) is 18.4. The van der Waals surface area contributed by atoms with E-state index in [-0.39, 0.29) is 0 Å². The summed E-state index contributed by atoms with van der Waals surface area (Å²) < 4.78 is 1.29. The largest absolute Gasteiger partial charge is 0.310 e. The lowest BCUT2D eigenvalue weighted by molar-refractivity contribution is 0.767. The first kappa shape index (κ1) is 42.1. The van der Waals surface area contributed by atoms with E-state index in [9.17, 15) is 0 Å². The fraction of sp³-hybridized carbons (Fsp3) is 0.0286. The van der Waals surface area contributed by atoms with Crippen molar-refractivity contribution in [2.24, 2.45) is 0 Å². The van der Waals surface area contributed by atoms with Gasteiger partial charge in [-0.15, -0.1) is 11.3 Å². The van der Waals surface area contributed by atoms with Crippen LogP contribution in [0, 0.1) is 0 Å². The molecule has 0 saturated heterocycles. The third-order valence-corrected chi connectivity index (χ3v) is 16.6. The maximum Gasteiger partial charge on any atom is 0.0714 e. The minimum absolute atomic E-state index is 0.546. The molecule has 2 aliphatic rings. The molecule has 1 nitrogen and oxygen atoms in total. The Kier molecular flexibility index (Phi) is 9.91. The molecule has 0 bridgehead atoms. The van der Waals surface area contributed by atoms with Gasteiger partial charge >= 0.3 is 0 Å². The Labute approximate surface area is 425 Å². The second-order valence-corrected chi connectivity index (χ2v) is 20.2. The van der Waals surface area contributed by atoms with Crippen LogP contribution in [0.25, 0.3) is 53.9 Å². The Hall–Kier alpha value is -8.82. The molecule has 14 rings (SSSR count). The van der Waals surface area contributed by atoms with Crippen molar-refractivity contribution in [1.29, 1.82) is 0 Å². The van der Waals surface area contributed by atoms with E-state index in [1.807, 2.05) is 11.3 Å². The van der Waals surface area contributed by atoms with Gasteiger partial charge in [-0.3, -0.25) is 0 Å². The van der Waals surface area contributed by atoms with Gasteiger partial charge in [0.25, 0.3) is 0 Å². The summed E-state index contributed by atoms with van der Waals surface area (Å²) in [6.07, 6.45) is 0. The zero-order valence-electron chi connectivity index (χ0n) is 39.5. The number of rotatable bonds is 9. The highest BCUT2D eigenvalue weighted by Crippen LogP contribution is 2.59. The number of thiophene rings is 1. The van der Waals surface area contributed by atoms with E-state index in [0.717, 1.165) is 17.1 Å². The van der Waals surface area contributed by atoms with Crippen molar-refractivity contribution >= 4 is 38.5 Å². The van der Waals surface area contributed by atoms with Gasteiger partial charge in [0.1, 0.15) is 0 Å². The summed E-state index contributed by atoms with van der Waals surface area (Å²) in [5.41, 5.74) is 21.0. The molecule has 0 radical (unpaired) electrons. The van der Waals surface area contributed by atoms with Crippen LogP contribution in [-0.4, -0.2) is 0 Å². The average molecular weight is 934 g/mol. The first-order valence-corrected chi connectivity index (χ1v) is 25.7. The number of hydrogen-bond donors (Lipinski definition) is 0. The van der Waals surface area contributed by atoms with Gasteiger partial charge in [0.05, 0.1) is 10.8 Å². The first-order valence-electron chi connectivity index (χ1n) is 24.9. The number of anilines is 3. The fourth-order valence-corrected chi connectivity index (χ4v) is 13.4.